The van der Waals surface area contributed by atoms with Crippen molar-refractivity contribution in [1.82, 2.24) is 10.3 Å². The van der Waals surface area contributed by atoms with Gasteiger partial charge in [-0.25, -0.2) is 0 Å². The summed E-state index contributed by atoms with van der Waals surface area (Å²) in [6, 6.07) is 7.56. The first-order valence-corrected chi connectivity index (χ1v) is 8.61. The highest BCUT2D eigenvalue weighted by Gasteiger charge is 2.37. The zero-order valence-corrected chi connectivity index (χ0v) is 13.6. The van der Waals surface area contributed by atoms with Gasteiger partial charge in [0.25, 0.3) is 0 Å². The molecule has 0 bridgehead atoms. The molecule has 0 radical (unpaired) electrons. The van der Waals surface area contributed by atoms with Gasteiger partial charge in [-0.3, -0.25) is 14.6 Å². The highest BCUT2D eigenvalue weighted by atomic mass is 32.1. The molecule has 2 aromatic rings. The maximum atomic E-state index is 12.1. The van der Waals surface area contributed by atoms with Gasteiger partial charge in [-0.15, -0.1) is 11.3 Å². The molecule has 120 valence electrons. The van der Waals surface area contributed by atoms with Gasteiger partial charge in [0.2, 0.25) is 0 Å². The van der Waals surface area contributed by atoms with E-state index in [-0.39, 0.29) is 5.41 Å². The second-order valence-corrected chi connectivity index (χ2v) is 6.79. The van der Waals surface area contributed by atoms with E-state index in [1.54, 1.807) is 29.7 Å². The summed E-state index contributed by atoms with van der Waals surface area (Å²) in [7, 11) is 0. The summed E-state index contributed by atoms with van der Waals surface area (Å²) in [4.78, 5) is 29.2. The summed E-state index contributed by atoms with van der Waals surface area (Å²) in [5.41, 5.74) is 0.500. The zero-order chi connectivity index (χ0) is 16.1. The predicted molar refractivity (Wildman–Crippen MR) is 90.3 cm³/mol. The Labute approximate surface area is 139 Å². The number of nitrogens with one attached hydrogen (secondary N) is 2. The minimum Gasteiger partial charge on any atom is -0.347 e. The quantitative estimate of drug-likeness (QED) is 0.847. The molecule has 1 aliphatic carbocycles. The molecular weight excluding hydrogens is 310 g/mol. The highest BCUT2D eigenvalue weighted by molar-refractivity contribution is 7.10. The number of carbonyl (C=O) groups is 2. The normalized spacial score (nSPS) is 16.0. The van der Waals surface area contributed by atoms with Crippen molar-refractivity contribution in [1.29, 1.82) is 0 Å². The van der Waals surface area contributed by atoms with Crippen LogP contribution in [0.3, 0.4) is 0 Å². The SMILES string of the molecule is O=C(NCC1(c2cccs2)CCCC1)C(=O)Nc1cccnc1. The van der Waals surface area contributed by atoms with Crippen LogP contribution in [0, 0.1) is 0 Å². The summed E-state index contributed by atoms with van der Waals surface area (Å²) < 4.78 is 0. The second-order valence-electron chi connectivity index (χ2n) is 5.84. The third kappa shape index (κ3) is 3.59. The van der Waals surface area contributed by atoms with E-state index in [9.17, 15) is 9.59 Å². The third-order valence-electron chi connectivity index (χ3n) is 4.32. The van der Waals surface area contributed by atoms with Gasteiger partial charge in [0, 0.05) is 23.0 Å². The molecule has 2 heterocycles. The van der Waals surface area contributed by atoms with Gasteiger partial charge in [0.15, 0.2) is 0 Å². The number of thiophene rings is 1. The number of pyridine rings is 1. The maximum Gasteiger partial charge on any atom is 0.313 e. The molecule has 6 heteroatoms. The van der Waals surface area contributed by atoms with E-state index in [1.807, 2.05) is 6.07 Å². The Morgan fingerprint density at radius 1 is 1.17 bits per heavy atom. The fourth-order valence-electron chi connectivity index (χ4n) is 3.10. The molecule has 2 amide bonds. The molecule has 23 heavy (non-hydrogen) atoms. The third-order valence-corrected chi connectivity index (χ3v) is 5.43. The average molecular weight is 329 g/mol. The molecule has 1 fully saturated rings. The van der Waals surface area contributed by atoms with E-state index < -0.39 is 11.8 Å². The van der Waals surface area contributed by atoms with Gasteiger partial charge in [-0.05, 0) is 36.4 Å². The van der Waals surface area contributed by atoms with Gasteiger partial charge < -0.3 is 10.6 Å². The maximum absolute atomic E-state index is 12.1. The molecule has 3 rings (SSSR count). The van der Waals surface area contributed by atoms with Crippen LogP contribution in [0.25, 0.3) is 0 Å². The van der Waals surface area contributed by atoms with Crippen LogP contribution < -0.4 is 10.6 Å². The Hall–Kier alpha value is -2.21. The number of amides is 2. The number of nitrogens with zero attached hydrogens (tertiary/aromatic N) is 1. The molecule has 0 aromatic carbocycles. The number of rotatable bonds is 4. The van der Waals surface area contributed by atoms with Crippen LogP contribution in [0.5, 0.6) is 0 Å². The standard InChI is InChI=1S/C17H19N3O2S/c21-15(16(22)20-13-5-3-9-18-11-13)19-12-17(7-1-2-8-17)14-6-4-10-23-14/h3-6,9-11H,1-2,7-8,12H2,(H,19,21)(H,20,22). The zero-order valence-electron chi connectivity index (χ0n) is 12.7. The van der Waals surface area contributed by atoms with Crippen LogP contribution >= 0.6 is 11.3 Å². The van der Waals surface area contributed by atoms with Gasteiger partial charge >= 0.3 is 11.8 Å². The molecule has 0 atom stereocenters. The number of aromatic nitrogens is 1. The summed E-state index contributed by atoms with van der Waals surface area (Å²) in [6.07, 6.45) is 7.55. The van der Waals surface area contributed by atoms with Gasteiger partial charge in [-0.1, -0.05) is 18.9 Å². The van der Waals surface area contributed by atoms with E-state index in [0.29, 0.717) is 12.2 Å². The summed E-state index contributed by atoms with van der Waals surface area (Å²) >= 11 is 1.72. The second kappa shape index (κ2) is 6.91. The van der Waals surface area contributed by atoms with Crippen LogP contribution in [-0.4, -0.2) is 23.3 Å². The van der Waals surface area contributed by atoms with Crippen LogP contribution in [0.4, 0.5) is 5.69 Å². The Morgan fingerprint density at radius 3 is 2.65 bits per heavy atom. The lowest BCUT2D eigenvalue weighted by atomic mass is 9.84. The van der Waals surface area contributed by atoms with Crippen LogP contribution in [0.15, 0.2) is 42.0 Å². The van der Waals surface area contributed by atoms with Crippen LogP contribution in [0.1, 0.15) is 30.6 Å². The van der Waals surface area contributed by atoms with Crippen LogP contribution in [-0.2, 0) is 15.0 Å². The molecule has 1 aliphatic rings. The molecule has 0 spiro atoms. The fraction of sp³-hybridized carbons (Fsp3) is 0.353. The Kier molecular flexibility index (Phi) is 4.71. The lowest BCUT2D eigenvalue weighted by molar-refractivity contribution is -0.136. The summed E-state index contributed by atoms with van der Waals surface area (Å²) in [6.45, 7) is 0.507. The Morgan fingerprint density at radius 2 is 2.00 bits per heavy atom. The summed E-state index contributed by atoms with van der Waals surface area (Å²) in [5.74, 6) is -1.26. The molecular formula is C17H19N3O2S. The van der Waals surface area contributed by atoms with Crippen molar-refractivity contribution in [3.8, 4) is 0 Å². The molecule has 2 N–H and O–H groups in total. The molecule has 1 saturated carbocycles. The summed E-state index contributed by atoms with van der Waals surface area (Å²) in [5, 5.41) is 7.42. The number of carbonyl (C=O) groups excluding carboxylic acids is 2. The minimum atomic E-state index is -0.655. The van der Waals surface area contributed by atoms with Gasteiger partial charge in [0.05, 0.1) is 11.9 Å². The van der Waals surface area contributed by atoms with E-state index in [1.165, 1.54) is 11.1 Å². The smallest absolute Gasteiger partial charge is 0.313 e. The fourth-order valence-corrected chi connectivity index (χ4v) is 4.08. The molecule has 0 aliphatic heterocycles. The van der Waals surface area contributed by atoms with Crippen molar-refractivity contribution in [2.24, 2.45) is 0 Å². The monoisotopic (exact) mass is 329 g/mol. The molecule has 2 aromatic heterocycles. The highest BCUT2D eigenvalue weighted by Crippen LogP contribution is 2.42. The van der Waals surface area contributed by atoms with Crippen molar-refractivity contribution in [3.05, 3.63) is 46.9 Å². The van der Waals surface area contributed by atoms with E-state index in [0.717, 1.165) is 25.7 Å². The van der Waals surface area contributed by atoms with Crippen molar-refractivity contribution >= 4 is 28.8 Å². The van der Waals surface area contributed by atoms with E-state index in [4.69, 9.17) is 0 Å². The van der Waals surface area contributed by atoms with Crippen molar-refractivity contribution in [2.45, 2.75) is 31.1 Å². The number of anilines is 1. The number of hydrogen-bond acceptors (Lipinski definition) is 4. The topological polar surface area (TPSA) is 71.1 Å². The lowest BCUT2D eigenvalue weighted by Crippen LogP contribution is -2.43. The molecule has 5 nitrogen and oxygen atoms in total. The first kappa shape index (κ1) is 15.7. The average Bonchev–Trinajstić information content (AvgIpc) is 3.25. The first-order valence-electron chi connectivity index (χ1n) is 7.73. The van der Waals surface area contributed by atoms with E-state index >= 15 is 0 Å². The van der Waals surface area contributed by atoms with E-state index in [2.05, 4.69) is 27.1 Å². The van der Waals surface area contributed by atoms with Gasteiger partial charge in [-0.2, -0.15) is 0 Å². The van der Waals surface area contributed by atoms with Crippen LogP contribution in [0.2, 0.25) is 0 Å². The first-order chi connectivity index (χ1) is 11.2. The number of hydrogen-bond donors (Lipinski definition) is 2. The predicted octanol–water partition coefficient (Wildman–Crippen LogP) is 2.71. The Balaban J connectivity index is 1.60. The molecule has 0 saturated heterocycles. The van der Waals surface area contributed by atoms with Gasteiger partial charge in [0.1, 0.15) is 0 Å². The lowest BCUT2D eigenvalue weighted by Gasteiger charge is -2.28. The van der Waals surface area contributed by atoms with Crippen molar-refractivity contribution in [2.75, 3.05) is 11.9 Å². The Bertz CT molecular complexity index is 664. The largest absolute Gasteiger partial charge is 0.347 e. The minimum absolute atomic E-state index is 0.0155. The van der Waals surface area contributed by atoms with Crippen molar-refractivity contribution < 1.29 is 9.59 Å². The van der Waals surface area contributed by atoms with Crippen molar-refractivity contribution in [3.63, 3.8) is 0 Å². The molecule has 0 unspecified atom stereocenters.